The molecule has 27 heavy (non-hydrogen) atoms. The Balaban J connectivity index is 1.50. The van der Waals surface area contributed by atoms with Crippen molar-refractivity contribution >= 4 is 21.1 Å². The Morgan fingerprint density at radius 1 is 1.11 bits per heavy atom. The first kappa shape index (κ1) is 17.9. The lowest BCUT2D eigenvalue weighted by Gasteiger charge is -2.32. The van der Waals surface area contributed by atoms with E-state index in [1.807, 2.05) is 4.57 Å². The smallest absolute Gasteiger partial charge is 0.243 e. The molecule has 142 valence electrons. The highest BCUT2D eigenvalue weighted by Gasteiger charge is 2.30. The van der Waals surface area contributed by atoms with Crippen molar-refractivity contribution in [2.24, 2.45) is 0 Å². The Labute approximate surface area is 157 Å². The number of hydrogen-bond donors (Lipinski definition) is 0. The molecule has 2 heterocycles. The summed E-state index contributed by atoms with van der Waals surface area (Å²) in [6.07, 6.45) is 3.07. The zero-order chi connectivity index (χ0) is 19.0. The number of hydrogen-bond acceptors (Lipinski definition) is 4. The number of nitrogens with zero attached hydrogens (tertiary/aromatic N) is 3. The summed E-state index contributed by atoms with van der Waals surface area (Å²) in [4.78, 5) is 4.53. The molecule has 0 saturated carbocycles. The van der Waals surface area contributed by atoms with E-state index < -0.39 is 10.0 Å². The molecule has 0 aliphatic carbocycles. The first-order valence-corrected chi connectivity index (χ1v) is 10.2. The molecule has 1 aliphatic heterocycles. The van der Waals surface area contributed by atoms with Crippen LogP contribution >= 0.6 is 0 Å². The quantitative estimate of drug-likeness (QED) is 0.687. The second-order valence-corrected chi connectivity index (χ2v) is 8.53. The van der Waals surface area contributed by atoms with E-state index in [9.17, 15) is 12.8 Å². The van der Waals surface area contributed by atoms with Gasteiger partial charge in [0.05, 0.1) is 29.4 Å². The predicted octanol–water partition coefficient (Wildman–Crippen LogP) is 3.21. The van der Waals surface area contributed by atoms with Crippen molar-refractivity contribution in [2.75, 3.05) is 20.2 Å². The van der Waals surface area contributed by atoms with E-state index in [2.05, 4.69) is 4.98 Å². The number of fused-ring (bicyclic) bond motifs is 1. The topological polar surface area (TPSA) is 64.4 Å². The van der Waals surface area contributed by atoms with Gasteiger partial charge in [-0.2, -0.15) is 4.31 Å². The summed E-state index contributed by atoms with van der Waals surface area (Å²) in [6, 6.07) is 11.1. The average Bonchev–Trinajstić information content (AvgIpc) is 3.11. The van der Waals surface area contributed by atoms with Crippen LogP contribution in [-0.4, -0.2) is 42.5 Å². The fourth-order valence-corrected chi connectivity index (χ4v) is 5.02. The minimum Gasteiger partial charge on any atom is -0.497 e. The van der Waals surface area contributed by atoms with Gasteiger partial charge < -0.3 is 9.30 Å². The SMILES string of the molecule is COc1ccc(S(=O)(=O)N2CCC(n3cnc4cc(F)ccc43)CC2)cc1. The summed E-state index contributed by atoms with van der Waals surface area (Å²) >= 11 is 0. The number of methoxy groups -OCH3 is 1. The molecule has 0 amide bonds. The Hall–Kier alpha value is -2.45. The molecule has 3 aromatic rings. The lowest BCUT2D eigenvalue weighted by atomic mass is 10.1. The van der Waals surface area contributed by atoms with Crippen LogP contribution in [0.25, 0.3) is 11.0 Å². The van der Waals surface area contributed by atoms with E-state index in [0.717, 1.165) is 5.52 Å². The first-order valence-electron chi connectivity index (χ1n) is 8.75. The molecular formula is C19H20FN3O3S. The predicted molar refractivity (Wildman–Crippen MR) is 99.7 cm³/mol. The molecule has 0 N–H and O–H groups in total. The van der Waals surface area contributed by atoms with E-state index in [1.165, 1.54) is 16.4 Å². The maximum Gasteiger partial charge on any atom is 0.243 e. The van der Waals surface area contributed by atoms with E-state index in [1.54, 1.807) is 43.8 Å². The molecular weight excluding hydrogens is 369 g/mol. The molecule has 1 aromatic heterocycles. The molecule has 4 rings (SSSR count). The molecule has 1 fully saturated rings. The Bertz CT molecular complexity index is 1060. The Morgan fingerprint density at radius 2 is 1.81 bits per heavy atom. The van der Waals surface area contributed by atoms with Crippen LogP contribution in [0.3, 0.4) is 0 Å². The van der Waals surface area contributed by atoms with Crippen molar-refractivity contribution < 1.29 is 17.5 Å². The van der Waals surface area contributed by atoms with Crippen molar-refractivity contribution in [1.29, 1.82) is 0 Å². The van der Waals surface area contributed by atoms with E-state index >= 15 is 0 Å². The van der Waals surface area contributed by atoms with Crippen molar-refractivity contribution in [3.05, 3.63) is 54.6 Å². The third kappa shape index (κ3) is 3.30. The maximum absolute atomic E-state index is 13.3. The second-order valence-electron chi connectivity index (χ2n) is 6.60. The standard InChI is InChI=1S/C19H20FN3O3S/c1-26-16-3-5-17(6-4-16)27(24,25)22-10-8-15(9-11-22)23-13-21-18-12-14(20)2-7-19(18)23/h2-7,12-13,15H,8-11H2,1H3. The third-order valence-corrected chi connectivity index (χ3v) is 6.96. The molecule has 6 nitrogen and oxygen atoms in total. The number of sulfonamides is 1. The van der Waals surface area contributed by atoms with E-state index in [-0.39, 0.29) is 16.8 Å². The summed E-state index contributed by atoms with van der Waals surface area (Å²) in [6.45, 7) is 0.861. The minimum atomic E-state index is -3.52. The van der Waals surface area contributed by atoms with Gasteiger partial charge in [-0.3, -0.25) is 0 Å². The van der Waals surface area contributed by atoms with Gasteiger partial charge in [-0.25, -0.2) is 17.8 Å². The number of aromatic nitrogens is 2. The summed E-state index contributed by atoms with van der Waals surface area (Å²) in [5.41, 5.74) is 1.48. The summed E-state index contributed by atoms with van der Waals surface area (Å²) in [5.74, 6) is 0.309. The normalized spacial score (nSPS) is 16.7. The molecule has 0 bridgehead atoms. The molecule has 0 atom stereocenters. The molecule has 2 aromatic carbocycles. The zero-order valence-electron chi connectivity index (χ0n) is 14.9. The highest BCUT2D eigenvalue weighted by Crippen LogP contribution is 2.30. The molecule has 1 aliphatic rings. The van der Waals surface area contributed by atoms with Crippen LogP contribution in [0.4, 0.5) is 4.39 Å². The van der Waals surface area contributed by atoms with Gasteiger partial charge >= 0.3 is 0 Å². The Morgan fingerprint density at radius 3 is 2.48 bits per heavy atom. The van der Waals surface area contributed by atoms with Crippen LogP contribution in [0.1, 0.15) is 18.9 Å². The van der Waals surface area contributed by atoms with Gasteiger partial charge in [0.15, 0.2) is 0 Å². The molecule has 0 unspecified atom stereocenters. The second kappa shape index (κ2) is 6.94. The average molecular weight is 389 g/mol. The Kier molecular flexibility index (Phi) is 4.61. The van der Waals surface area contributed by atoms with Crippen molar-refractivity contribution in [1.82, 2.24) is 13.9 Å². The highest BCUT2D eigenvalue weighted by molar-refractivity contribution is 7.89. The number of imidazole rings is 1. The van der Waals surface area contributed by atoms with Crippen LogP contribution in [0.15, 0.2) is 53.7 Å². The molecule has 0 radical (unpaired) electrons. The number of benzene rings is 2. The highest BCUT2D eigenvalue weighted by atomic mass is 32.2. The molecule has 1 saturated heterocycles. The van der Waals surface area contributed by atoms with Gasteiger partial charge in [-0.05, 0) is 49.2 Å². The van der Waals surface area contributed by atoms with Gasteiger partial charge in [0.25, 0.3) is 0 Å². The third-order valence-electron chi connectivity index (χ3n) is 5.05. The fraction of sp³-hybridized carbons (Fsp3) is 0.316. The summed E-state index contributed by atoms with van der Waals surface area (Å²) in [5, 5.41) is 0. The number of rotatable bonds is 4. The largest absolute Gasteiger partial charge is 0.497 e. The summed E-state index contributed by atoms with van der Waals surface area (Å²) < 4.78 is 47.7. The van der Waals surface area contributed by atoms with Crippen LogP contribution in [0.2, 0.25) is 0 Å². The maximum atomic E-state index is 13.3. The fourth-order valence-electron chi connectivity index (χ4n) is 3.55. The van der Waals surface area contributed by atoms with Crippen molar-refractivity contribution in [2.45, 2.75) is 23.8 Å². The van der Waals surface area contributed by atoms with Gasteiger partial charge in [0, 0.05) is 25.2 Å². The molecule has 8 heteroatoms. The molecule has 0 spiro atoms. The first-order chi connectivity index (χ1) is 13.0. The van der Waals surface area contributed by atoms with E-state index in [0.29, 0.717) is 37.2 Å². The van der Waals surface area contributed by atoms with E-state index in [4.69, 9.17) is 4.74 Å². The summed E-state index contributed by atoms with van der Waals surface area (Å²) in [7, 11) is -1.98. The lowest BCUT2D eigenvalue weighted by Crippen LogP contribution is -2.38. The van der Waals surface area contributed by atoms with Crippen molar-refractivity contribution in [3.8, 4) is 5.75 Å². The van der Waals surface area contributed by atoms with Crippen LogP contribution in [0, 0.1) is 5.82 Å². The number of ether oxygens (including phenoxy) is 1. The number of halogens is 1. The van der Waals surface area contributed by atoms with Crippen LogP contribution in [-0.2, 0) is 10.0 Å². The zero-order valence-corrected chi connectivity index (χ0v) is 15.7. The monoisotopic (exact) mass is 389 g/mol. The van der Waals surface area contributed by atoms with Crippen LogP contribution in [0.5, 0.6) is 5.75 Å². The number of piperidine rings is 1. The lowest BCUT2D eigenvalue weighted by molar-refractivity contribution is 0.277. The van der Waals surface area contributed by atoms with Gasteiger partial charge in [-0.1, -0.05) is 0 Å². The van der Waals surface area contributed by atoms with Crippen LogP contribution < -0.4 is 4.74 Å². The van der Waals surface area contributed by atoms with Gasteiger partial charge in [-0.15, -0.1) is 0 Å². The van der Waals surface area contributed by atoms with Gasteiger partial charge in [0.2, 0.25) is 10.0 Å². The minimum absolute atomic E-state index is 0.141. The van der Waals surface area contributed by atoms with Crippen molar-refractivity contribution in [3.63, 3.8) is 0 Å². The van der Waals surface area contributed by atoms with Gasteiger partial charge in [0.1, 0.15) is 11.6 Å².